The fourth-order valence-corrected chi connectivity index (χ4v) is 2.68. The van der Waals surface area contributed by atoms with Crippen molar-refractivity contribution in [1.82, 2.24) is 0 Å². The van der Waals surface area contributed by atoms with E-state index >= 15 is 0 Å². The van der Waals surface area contributed by atoms with Crippen LogP contribution in [0.1, 0.15) is 21.5 Å². The van der Waals surface area contributed by atoms with Crippen LogP contribution in [0.4, 0.5) is 11.4 Å². The lowest BCUT2D eigenvalue weighted by molar-refractivity contribution is 0.0992. The Morgan fingerprint density at radius 1 is 1.00 bits per heavy atom. The fraction of sp³-hybridized carbons (Fsp3) is 0.136. The van der Waals surface area contributed by atoms with Gasteiger partial charge in [-0.25, -0.2) is 0 Å². The molecule has 0 atom stereocenters. The molecule has 3 aromatic rings. The Kier molecular flexibility index (Phi) is 5.23. The summed E-state index contributed by atoms with van der Waals surface area (Å²) in [6.45, 7) is 2.45. The van der Waals surface area contributed by atoms with Gasteiger partial charge in [0.1, 0.15) is 12.4 Å². The molecule has 0 bridgehead atoms. The molecule has 0 aromatic heterocycles. The summed E-state index contributed by atoms with van der Waals surface area (Å²) >= 11 is 0. The van der Waals surface area contributed by atoms with Crippen molar-refractivity contribution in [2.45, 2.75) is 13.5 Å². The summed E-state index contributed by atoms with van der Waals surface area (Å²) in [6, 6.07) is 22.7. The minimum absolute atomic E-state index is 0.113. The van der Waals surface area contributed by atoms with Crippen LogP contribution in [0.3, 0.4) is 0 Å². The number of amides is 1. The summed E-state index contributed by atoms with van der Waals surface area (Å²) in [7, 11) is 1.75. The monoisotopic (exact) mass is 346 g/mol. The maximum absolute atomic E-state index is 12.8. The average Bonchev–Trinajstić information content (AvgIpc) is 2.67. The topological polar surface area (TPSA) is 55.6 Å². The van der Waals surface area contributed by atoms with Crippen molar-refractivity contribution in [3.63, 3.8) is 0 Å². The molecule has 4 heteroatoms. The lowest BCUT2D eigenvalue weighted by atomic mass is 10.1. The maximum atomic E-state index is 12.8. The molecule has 0 aliphatic carbocycles. The van der Waals surface area contributed by atoms with Crippen LogP contribution in [0.2, 0.25) is 0 Å². The van der Waals surface area contributed by atoms with Gasteiger partial charge >= 0.3 is 0 Å². The molecule has 26 heavy (non-hydrogen) atoms. The minimum atomic E-state index is -0.113. The number of nitrogens with zero attached hydrogens (tertiary/aromatic N) is 1. The Morgan fingerprint density at radius 2 is 1.69 bits per heavy atom. The average molecular weight is 346 g/mol. The standard InChI is InChI=1S/C22H22N2O2/c1-16-8-13-20(21(14-16)26-15-17-6-4-3-5-7-17)24(2)22(25)18-9-11-19(23)12-10-18/h3-14H,15,23H2,1-2H3. The molecule has 0 spiro atoms. The number of aryl methyl sites for hydroxylation is 1. The van der Waals surface area contributed by atoms with E-state index in [1.165, 1.54) is 0 Å². The van der Waals surface area contributed by atoms with Crippen molar-refractivity contribution < 1.29 is 9.53 Å². The Labute approximate surface area is 153 Å². The van der Waals surface area contributed by atoms with Crippen molar-refractivity contribution in [2.75, 3.05) is 17.7 Å². The summed E-state index contributed by atoms with van der Waals surface area (Å²) < 4.78 is 6.02. The third-order valence-electron chi connectivity index (χ3n) is 4.18. The fourth-order valence-electron chi connectivity index (χ4n) is 2.68. The van der Waals surface area contributed by atoms with E-state index < -0.39 is 0 Å². The van der Waals surface area contributed by atoms with Gasteiger partial charge in [-0.2, -0.15) is 0 Å². The summed E-state index contributed by atoms with van der Waals surface area (Å²) in [5.41, 5.74) is 9.80. The Hall–Kier alpha value is -3.27. The first-order valence-corrected chi connectivity index (χ1v) is 8.45. The number of anilines is 2. The number of carbonyl (C=O) groups is 1. The number of benzene rings is 3. The zero-order chi connectivity index (χ0) is 18.5. The highest BCUT2D eigenvalue weighted by molar-refractivity contribution is 6.06. The van der Waals surface area contributed by atoms with Crippen LogP contribution in [0, 0.1) is 6.92 Å². The SMILES string of the molecule is Cc1ccc(N(C)C(=O)c2ccc(N)cc2)c(OCc2ccccc2)c1. The summed E-state index contributed by atoms with van der Waals surface area (Å²) in [5, 5.41) is 0. The molecule has 4 nitrogen and oxygen atoms in total. The third-order valence-corrected chi connectivity index (χ3v) is 4.18. The Balaban J connectivity index is 1.84. The molecule has 0 aliphatic heterocycles. The van der Waals surface area contributed by atoms with E-state index in [1.807, 2.05) is 55.5 Å². The molecule has 0 saturated heterocycles. The third kappa shape index (κ3) is 4.03. The molecule has 1 amide bonds. The number of hydrogen-bond donors (Lipinski definition) is 1. The van der Waals surface area contributed by atoms with Crippen molar-refractivity contribution in [3.05, 3.63) is 89.5 Å². The number of nitrogens with two attached hydrogens (primary N) is 1. The number of carbonyl (C=O) groups excluding carboxylic acids is 1. The summed E-state index contributed by atoms with van der Waals surface area (Å²) in [6.07, 6.45) is 0. The first-order chi connectivity index (χ1) is 12.5. The quantitative estimate of drug-likeness (QED) is 0.695. The molecular formula is C22H22N2O2. The van der Waals surface area contributed by atoms with Crippen molar-refractivity contribution in [2.24, 2.45) is 0 Å². The van der Waals surface area contributed by atoms with Crippen LogP contribution in [0.15, 0.2) is 72.8 Å². The summed E-state index contributed by atoms with van der Waals surface area (Å²) in [5.74, 6) is 0.568. The van der Waals surface area contributed by atoms with Gasteiger partial charge in [0.05, 0.1) is 5.69 Å². The number of hydrogen-bond acceptors (Lipinski definition) is 3. The van der Waals surface area contributed by atoms with Gasteiger partial charge in [0.2, 0.25) is 0 Å². The zero-order valence-corrected chi connectivity index (χ0v) is 15.0. The molecule has 0 aliphatic rings. The first-order valence-electron chi connectivity index (χ1n) is 8.45. The van der Waals surface area contributed by atoms with Crippen molar-refractivity contribution >= 4 is 17.3 Å². The minimum Gasteiger partial charge on any atom is -0.487 e. The van der Waals surface area contributed by atoms with Crippen LogP contribution in [-0.2, 0) is 6.61 Å². The van der Waals surface area contributed by atoms with E-state index in [0.717, 1.165) is 16.8 Å². The van der Waals surface area contributed by atoms with E-state index in [2.05, 4.69) is 0 Å². The van der Waals surface area contributed by atoms with Crippen LogP contribution in [-0.4, -0.2) is 13.0 Å². The van der Waals surface area contributed by atoms with Crippen LogP contribution >= 0.6 is 0 Å². The second-order valence-corrected chi connectivity index (χ2v) is 6.23. The van der Waals surface area contributed by atoms with Gasteiger partial charge < -0.3 is 15.4 Å². The second-order valence-electron chi connectivity index (χ2n) is 6.23. The molecule has 0 saturated carbocycles. The molecule has 3 rings (SSSR count). The van der Waals surface area contributed by atoms with E-state index in [4.69, 9.17) is 10.5 Å². The highest BCUT2D eigenvalue weighted by Gasteiger charge is 2.17. The van der Waals surface area contributed by atoms with E-state index in [0.29, 0.717) is 23.6 Å². The molecule has 0 fully saturated rings. The molecule has 3 aromatic carbocycles. The predicted molar refractivity (Wildman–Crippen MR) is 106 cm³/mol. The highest BCUT2D eigenvalue weighted by atomic mass is 16.5. The zero-order valence-electron chi connectivity index (χ0n) is 15.0. The normalized spacial score (nSPS) is 10.4. The van der Waals surface area contributed by atoms with Crippen LogP contribution in [0.25, 0.3) is 0 Å². The molecule has 132 valence electrons. The van der Waals surface area contributed by atoms with Crippen molar-refractivity contribution in [3.8, 4) is 5.75 Å². The van der Waals surface area contributed by atoms with Gasteiger partial charge in [-0.1, -0.05) is 36.4 Å². The van der Waals surface area contributed by atoms with Gasteiger partial charge in [0.25, 0.3) is 5.91 Å². The Morgan fingerprint density at radius 3 is 2.38 bits per heavy atom. The van der Waals surface area contributed by atoms with E-state index in [1.54, 1.807) is 36.2 Å². The van der Waals surface area contributed by atoms with Gasteiger partial charge in [-0.15, -0.1) is 0 Å². The molecule has 0 radical (unpaired) electrons. The molecule has 2 N–H and O–H groups in total. The number of rotatable bonds is 5. The highest BCUT2D eigenvalue weighted by Crippen LogP contribution is 2.30. The molecule has 0 heterocycles. The van der Waals surface area contributed by atoms with Gasteiger partial charge in [-0.3, -0.25) is 4.79 Å². The molecule has 0 unspecified atom stereocenters. The number of ether oxygens (including phenoxy) is 1. The van der Waals surface area contributed by atoms with Gasteiger partial charge in [-0.05, 0) is 54.4 Å². The molecular weight excluding hydrogens is 324 g/mol. The first kappa shape index (κ1) is 17.5. The van der Waals surface area contributed by atoms with Crippen molar-refractivity contribution in [1.29, 1.82) is 0 Å². The maximum Gasteiger partial charge on any atom is 0.258 e. The Bertz CT molecular complexity index is 890. The van der Waals surface area contributed by atoms with E-state index in [-0.39, 0.29) is 5.91 Å². The number of nitrogen functional groups attached to an aromatic ring is 1. The lowest BCUT2D eigenvalue weighted by Gasteiger charge is -2.21. The van der Waals surface area contributed by atoms with Crippen LogP contribution in [0.5, 0.6) is 5.75 Å². The summed E-state index contributed by atoms with van der Waals surface area (Å²) in [4.78, 5) is 14.4. The smallest absolute Gasteiger partial charge is 0.258 e. The van der Waals surface area contributed by atoms with Gasteiger partial charge in [0.15, 0.2) is 0 Å². The predicted octanol–water partition coefficient (Wildman–Crippen LogP) is 4.43. The second kappa shape index (κ2) is 7.74. The van der Waals surface area contributed by atoms with Crippen LogP contribution < -0.4 is 15.4 Å². The van der Waals surface area contributed by atoms with Gasteiger partial charge in [0, 0.05) is 18.3 Å². The largest absolute Gasteiger partial charge is 0.487 e. The lowest BCUT2D eigenvalue weighted by Crippen LogP contribution is -2.26. The van der Waals surface area contributed by atoms with E-state index in [9.17, 15) is 4.79 Å².